The standard InChI is InChI=1S/C19H19FN4OS/c1-3-13-6-10-16(11-7-13)21-17-18(25)24(2)19(23-22-17)26-12-14-4-8-15(20)9-5-14/h4-11H,3,12H2,1-2H3,(H,21,22). The average molecular weight is 370 g/mol. The molecule has 26 heavy (non-hydrogen) atoms. The van der Waals surface area contributed by atoms with Crippen LogP contribution in [0.3, 0.4) is 0 Å². The molecule has 3 rings (SSSR count). The van der Waals surface area contributed by atoms with Crippen LogP contribution in [0, 0.1) is 5.82 Å². The number of nitrogens with zero attached hydrogens (tertiary/aromatic N) is 3. The van der Waals surface area contributed by atoms with Gasteiger partial charge in [0.1, 0.15) is 5.82 Å². The van der Waals surface area contributed by atoms with Crippen LogP contribution in [0.15, 0.2) is 58.5 Å². The Kier molecular flexibility index (Phi) is 5.68. The third-order valence-electron chi connectivity index (χ3n) is 3.94. The summed E-state index contributed by atoms with van der Waals surface area (Å²) in [5.41, 5.74) is 2.72. The second-order valence-electron chi connectivity index (χ2n) is 5.79. The van der Waals surface area contributed by atoms with Crippen LogP contribution in [0.25, 0.3) is 0 Å². The van der Waals surface area contributed by atoms with E-state index in [0.29, 0.717) is 10.9 Å². The number of benzene rings is 2. The van der Waals surface area contributed by atoms with Crippen molar-refractivity contribution >= 4 is 23.3 Å². The first-order valence-corrected chi connectivity index (χ1v) is 9.22. The first-order chi connectivity index (χ1) is 12.6. The molecule has 1 N–H and O–H groups in total. The van der Waals surface area contributed by atoms with Crippen molar-refractivity contribution in [3.63, 3.8) is 0 Å². The number of hydrogen-bond acceptors (Lipinski definition) is 5. The molecule has 3 aromatic rings. The SMILES string of the molecule is CCc1ccc(Nc2nnc(SCc3ccc(F)cc3)n(C)c2=O)cc1. The summed E-state index contributed by atoms with van der Waals surface area (Å²) in [5.74, 6) is 0.490. The number of nitrogens with one attached hydrogen (secondary N) is 1. The number of halogens is 1. The zero-order valence-electron chi connectivity index (χ0n) is 14.6. The Labute approximate surface area is 155 Å². The van der Waals surface area contributed by atoms with E-state index >= 15 is 0 Å². The van der Waals surface area contributed by atoms with Crippen molar-refractivity contribution in [2.45, 2.75) is 24.3 Å². The molecule has 0 bridgehead atoms. The monoisotopic (exact) mass is 370 g/mol. The summed E-state index contributed by atoms with van der Waals surface area (Å²) in [6, 6.07) is 14.1. The molecule has 0 atom stereocenters. The van der Waals surface area contributed by atoms with Crippen LogP contribution in [0.1, 0.15) is 18.1 Å². The fourth-order valence-corrected chi connectivity index (χ4v) is 3.20. The van der Waals surface area contributed by atoms with Gasteiger partial charge in [-0.1, -0.05) is 43.0 Å². The number of aryl methyl sites for hydroxylation is 1. The maximum absolute atomic E-state index is 13.0. The lowest BCUT2D eigenvalue weighted by molar-refractivity contribution is 0.627. The molecule has 0 spiro atoms. The highest BCUT2D eigenvalue weighted by Gasteiger charge is 2.10. The molecule has 0 saturated carbocycles. The highest BCUT2D eigenvalue weighted by Crippen LogP contribution is 2.20. The summed E-state index contributed by atoms with van der Waals surface area (Å²) in [7, 11) is 1.66. The lowest BCUT2D eigenvalue weighted by Crippen LogP contribution is -2.24. The van der Waals surface area contributed by atoms with Crippen LogP contribution >= 0.6 is 11.8 Å². The van der Waals surface area contributed by atoms with Gasteiger partial charge in [0.2, 0.25) is 5.82 Å². The molecule has 0 fully saturated rings. The first kappa shape index (κ1) is 18.1. The van der Waals surface area contributed by atoms with E-state index in [1.54, 1.807) is 19.2 Å². The van der Waals surface area contributed by atoms with Gasteiger partial charge in [-0.15, -0.1) is 10.2 Å². The van der Waals surface area contributed by atoms with Crippen LogP contribution in [0.5, 0.6) is 0 Å². The van der Waals surface area contributed by atoms with Crippen LogP contribution < -0.4 is 10.9 Å². The van der Waals surface area contributed by atoms with E-state index in [2.05, 4.69) is 22.4 Å². The number of rotatable bonds is 6. The van der Waals surface area contributed by atoms with E-state index in [4.69, 9.17) is 0 Å². The van der Waals surface area contributed by atoms with E-state index in [9.17, 15) is 9.18 Å². The Morgan fingerprint density at radius 2 is 1.69 bits per heavy atom. The van der Waals surface area contributed by atoms with E-state index in [-0.39, 0.29) is 17.2 Å². The zero-order valence-corrected chi connectivity index (χ0v) is 15.4. The van der Waals surface area contributed by atoms with Crippen molar-refractivity contribution in [3.05, 3.63) is 75.8 Å². The van der Waals surface area contributed by atoms with E-state index in [1.165, 1.54) is 34.0 Å². The lowest BCUT2D eigenvalue weighted by Gasteiger charge is -2.09. The topological polar surface area (TPSA) is 59.8 Å². The molecule has 0 aliphatic carbocycles. The Morgan fingerprint density at radius 3 is 2.35 bits per heavy atom. The van der Waals surface area contributed by atoms with Gasteiger partial charge in [0, 0.05) is 18.5 Å². The van der Waals surface area contributed by atoms with Gasteiger partial charge in [-0.3, -0.25) is 9.36 Å². The minimum atomic E-state index is -0.270. The molecule has 0 aliphatic rings. The number of aromatic nitrogens is 3. The summed E-state index contributed by atoms with van der Waals surface area (Å²) in [4.78, 5) is 12.5. The predicted molar refractivity (Wildman–Crippen MR) is 102 cm³/mol. The van der Waals surface area contributed by atoms with Crippen LogP contribution in [0.4, 0.5) is 15.9 Å². The van der Waals surface area contributed by atoms with Crippen LogP contribution in [-0.4, -0.2) is 14.8 Å². The van der Waals surface area contributed by atoms with Gasteiger partial charge in [0.25, 0.3) is 5.56 Å². The highest BCUT2D eigenvalue weighted by atomic mass is 32.2. The van der Waals surface area contributed by atoms with E-state index < -0.39 is 0 Å². The maximum Gasteiger partial charge on any atom is 0.297 e. The fourth-order valence-electron chi connectivity index (χ4n) is 2.34. The van der Waals surface area contributed by atoms with Gasteiger partial charge in [-0.2, -0.15) is 0 Å². The largest absolute Gasteiger partial charge is 0.334 e. The second-order valence-corrected chi connectivity index (χ2v) is 6.73. The molecular weight excluding hydrogens is 351 g/mol. The highest BCUT2D eigenvalue weighted by molar-refractivity contribution is 7.98. The van der Waals surface area contributed by atoms with Crippen LogP contribution in [0.2, 0.25) is 0 Å². The van der Waals surface area contributed by atoms with Gasteiger partial charge in [-0.05, 0) is 41.8 Å². The maximum atomic E-state index is 13.0. The Bertz CT molecular complexity index is 939. The minimum absolute atomic E-state index is 0.183. The summed E-state index contributed by atoms with van der Waals surface area (Å²) in [6.45, 7) is 2.09. The summed E-state index contributed by atoms with van der Waals surface area (Å²) in [5, 5.41) is 11.7. The summed E-state index contributed by atoms with van der Waals surface area (Å²) < 4.78 is 14.4. The third-order valence-corrected chi connectivity index (χ3v) is 5.03. The third kappa shape index (κ3) is 4.29. The molecule has 0 amide bonds. The molecule has 7 heteroatoms. The number of hydrogen-bond donors (Lipinski definition) is 1. The lowest BCUT2D eigenvalue weighted by atomic mass is 10.1. The second kappa shape index (κ2) is 8.14. The van der Waals surface area contributed by atoms with Crippen molar-refractivity contribution in [3.8, 4) is 0 Å². The summed E-state index contributed by atoms with van der Waals surface area (Å²) in [6.07, 6.45) is 0.960. The molecule has 0 saturated heterocycles. The zero-order chi connectivity index (χ0) is 18.5. The molecule has 0 aliphatic heterocycles. The molecule has 5 nitrogen and oxygen atoms in total. The van der Waals surface area contributed by atoms with Gasteiger partial charge in [0.05, 0.1) is 0 Å². The van der Waals surface area contributed by atoms with Crippen molar-refractivity contribution in [2.24, 2.45) is 7.05 Å². The molecule has 2 aromatic carbocycles. The Balaban J connectivity index is 1.73. The quantitative estimate of drug-likeness (QED) is 0.667. The normalized spacial score (nSPS) is 10.7. The minimum Gasteiger partial charge on any atom is -0.334 e. The van der Waals surface area contributed by atoms with E-state index in [0.717, 1.165) is 17.7 Å². The van der Waals surface area contributed by atoms with Gasteiger partial charge < -0.3 is 5.32 Å². The smallest absolute Gasteiger partial charge is 0.297 e. The molecule has 1 aromatic heterocycles. The van der Waals surface area contributed by atoms with Gasteiger partial charge in [-0.25, -0.2) is 4.39 Å². The van der Waals surface area contributed by atoms with Gasteiger partial charge >= 0.3 is 0 Å². The predicted octanol–water partition coefficient (Wildman–Crippen LogP) is 3.91. The molecule has 0 unspecified atom stereocenters. The fraction of sp³-hybridized carbons (Fsp3) is 0.211. The van der Waals surface area contributed by atoms with Crippen molar-refractivity contribution in [2.75, 3.05) is 5.32 Å². The van der Waals surface area contributed by atoms with Crippen LogP contribution in [-0.2, 0) is 19.2 Å². The molecule has 1 heterocycles. The Morgan fingerprint density at radius 1 is 1.04 bits per heavy atom. The molecule has 0 radical (unpaired) electrons. The van der Waals surface area contributed by atoms with E-state index in [1.807, 2.05) is 24.3 Å². The van der Waals surface area contributed by atoms with Crippen molar-refractivity contribution in [1.29, 1.82) is 0 Å². The van der Waals surface area contributed by atoms with Gasteiger partial charge in [0.15, 0.2) is 5.16 Å². The Hall–Kier alpha value is -2.67. The average Bonchev–Trinajstić information content (AvgIpc) is 2.67. The number of thioether (sulfide) groups is 1. The first-order valence-electron chi connectivity index (χ1n) is 8.23. The molecule has 134 valence electrons. The number of anilines is 2. The molecular formula is C19H19FN4OS. The summed E-state index contributed by atoms with van der Waals surface area (Å²) >= 11 is 1.38. The van der Waals surface area contributed by atoms with Crippen molar-refractivity contribution in [1.82, 2.24) is 14.8 Å². The van der Waals surface area contributed by atoms with Crippen molar-refractivity contribution < 1.29 is 4.39 Å².